The van der Waals surface area contributed by atoms with Crippen LogP contribution in [-0.2, 0) is 4.79 Å². The Morgan fingerprint density at radius 1 is 0.833 bits per heavy atom. The summed E-state index contributed by atoms with van der Waals surface area (Å²) in [5.41, 5.74) is 5.48. The number of allylic oxidation sites excluding steroid dienone is 1. The van der Waals surface area contributed by atoms with Crippen molar-refractivity contribution in [2.75, 3.05) is 0 Å². The molecule has 2 nitrogen and oxygen atoms in total. The second kappa shape index (κ2) is 7.08. The highest BCUT2D eigenvalue weighted by Gasteiger charge is 2.22. The van der Waals surface area contributed by atoms with Gasteiger partial charge in [-0.15, -0.1) is 0 Å². The van der Waals surface area contributed by atoms with E-state index in [0.717, 1.165) is 28.1 Å². The number of benzene rings is 2. The molecule has 3 aromatic rings. The number of aryl methyl sites for hydroxylation is 2. The molecule has 0 unspecified atom stereocenters. The molecule has 118 valence electrons. The molecule has 0 saturated carbocycles. The first-order chi connectivity index (χ1) is 11.7. The summed E-state index contributed by atoms with van der Waals surface area (Å²) < 4.78 is 0. The van der Waals surface area contributed by atoms with E-state index >= 15 is 0 Å². The van der Waals surface area contributed by atoms with Crippen molar-refractivity contribution in [3.8, 4) is 0 Å². The fourth-order valence-corrected chi connectivity index (χ4v) is 3.09. The maximum absolute atomic E-state index is 11.9. The summed E-state index contributed by atoms with van der Waals surface area (Å²) in [7, 11) is 0. The molecule has 2 heteroatoms. The molecule has 0 bridgehead atoms. The Balaban J connectivity index is 2.19. The summed E-state index contributed by atoms with van der Waals surface area (Å²) in [6.07, 6.45) is 0. The van der Waals surface area contributed by atoms with Crippen LogP contribution in [0.25, 0.3) is 5.57 Å². The molecule has 0 radical (unpaired) electrons. The second-order valence-corrected chi connectivity index (χ2v) is 5.91. The van der Waals surface area contributed by atoms with Crippen LogP contribution >= 0.6 is 0 Å². The minimum atomic E-state index is -0.147. The van der Waals surface area contributed by atoms with Gasteiger partial charge in [0.1, 0.15) is 5.94 Å². The van der Waals surface area contributed by atoms with Crippen LogP contribution in [0.2, 0.25) is 0 Å². The molecule has 0 atom stereocenters. The summed E-state index contributed by atoms with van der Waals surface area (Å²) in [5.74, 6) is 2.06. The van der Waals surface area contributed by atoms with Crippen molar-refractivity contribution in [1.82, 2.24) is 4.98 Å². The van der Waals surface area contributed by atoms with Gasteiger partial charge in [-0.2, -0.15) is 0 Å². The smallest absolute Gasteiger partial charge is 0.129 e. The highest BCUT2D eigenvalue weighted by molar-refractivity contribution is 5.93. The van der Waals surface area contributed by atoms with Crippen molar-refractivity contribution in [3.63, 3.8) is 0 Å². The number of nitrogens with zero attached hydrogens (tertiary/aromatic N) is 1. The number of aromatic nitrogens is 1. The van der Waals surface area contributed by atoms with E-state index in [1.54, 1.807) is 0 Å². The van der Waals surface area contributed by atoms with Gasteiger partial charge in [0.25, 0.3) is 0 Å². The van der Waals surface area contributed by atoms with E-state index in [0.29, 0.717) is 5.57 Å². The molecule has 0 aliphatic carbocycles. The zero-order valence-electron chi connectivity index (χ0n) is 13.9. The molecular formula is C22H19NO. The van der Waals surface area contributed by atoms with Gasteiger partial charge < -0.3 is 0 Å². The SMILES string of the molecule is Cc1cc(C(=C=O)C(c2ccccc2)c2ccccc2)cc(C)n1. The minimum Gasteiger partial charge on any atom is -0.258 e. The van der Waals surface area contributed by atoms with Crippen molar-refractivity contribution in [2.45, 2.75) is 19.8 Å². The van der Waals surface area contributed by atoms with Crippen LogP contribution in [0.4, 0.5) is 0 Å². The van der Waals surface area contributed by atoms with Gasteiger partial charge in [0.15, 0.2) is 0 Å². The molecule has 0 saturated heterocycles. The zero-order chi connectivity index (χ0) is 16.9. The largest absolute Gasteiger partial charge is 0.258 e. The molecule has 1 heterocycles. The predicted molar refractivity (Wildman–Crippen MR) is 97.5 cm³/mol. The summed E-state index contributed by atoms with van der Waals surface area (Å²) in [6.45, 7) is 3.89. The van der Waals surface area contributed by atoms with Crippen molar-refractivity contribution in [2.24, 2.45) is 0 Å². The zero-order valence-corrected chi connectivity index (χ0v) is 13.9. The third-order valence-corrected chi connectivity index (χ3v) is 4.06. The predicted octanol–water partition coefficient (Wildman–Crippen LogP) is 4.75. The molecule has 0 N–H and O–H groups in total. The minimum absolute atomic E-state index is 0.147. The van der Waals surface area contributed by atoms with Crippen LogP contribution < -0.4 is 0 Å². The summed E-state index contributed by atoms with van der Waals surface area (Å²) in [6, 6.07) is 24.1. The van der Waals surface area contributed by atoms with Gasteiger partial charge in [0, 0.05) is 17.3 Å². The molecule has 0 aliphatic rings. The van der Waals surface area contributed by atoms with Gasteiger partial charge in [0.05, 0.1) is 5.57 Å². The molecule has 3 rings (SSSR count). The van der Waals surface area contributed by atoms with Crippen molar-refractivity contribution >= 4 is 11.5 Å². The van der Waals surface area contributed by atoms with E-state index in [1.165, 1.54) is 0 Å². The monoisotopic (exact) mass is 313 g/mol. The summed E-state index contributed by atoms with van der Waals surface area (Å²) >= 11 is 0. The van der Waals surface area contributed by atoms with E-state index in [2.05, 4.69) is 35.2 Å². The van der Waals surface area contributed by atoms with Crippen molar-refractivity contribution in [3.05, 3.63) is 101 Å². The van der Waals surface area contributed by atoms with Gasteiger partial charge in [-0.05, 0) is 42.7 Å². The van der Waals surface area contributed by atoms with Gasteiger partial charge >= 0.3 is 0 Å². The lowest BCUT2D eigenvalue weighted by Gasteiger charge is -2.20. The molecule has 0 spiro atoms. The summed E-state index contributed by atoms with van der Waals surface area (Å²) in [5, 5.41) is 0. The number of hydrogen-bond acceptors (Lipinski definition) is 2. The highest BCUT2D eigenvalue weighted by Crippen LogP contribution is 2.36. The van der Waals surface area contributed by atoms with Crippen LogP contribution in [0.15, 0.2) is 72.8 Å². The normalized spacial score (nSPS) is 10.5. The van der Waals surface area contributed by atoms with E-state index in [-0.39, 0.29) is 5.92 Å². The van der Waals surface area contributed by atoms with Gasteiger partial charge in [0.2, 0.25) is 0 Å². The molecule has 0 fully saturated rings. The van der Waals surface area contributed by atoms with Gasteiger partial charge in [-0.25, -0.2) is 4.79 Å². The van der Waals surface area contributed by atoms with Crippen molar-refractivity contribution in [1.29, 1.82) is 0 Å². The number of carbonyl (C=O) groups excluding carboxylic acids is 1. The topological polar surface area (TPSA) is 30.0 Å². The molecule has 24 heavy (non-hydrogen) atoms. The van der Waals surface area contributed by atoms with Crippen LogP contribution in [0.3, 0.4) is 0 Å². The van der Waals surface area contributed by atoms with E-state index < -0.39 is 0 Å². The first-order valence-corrected chi connectivity index (χ1v) is 7.99. The summed E-state index contributed by atoms with van der Waals surface area (Å²) in [4.78, 5) is 16.3. The average Bonchev–Trinajstić information content (AvgIpc) is 2.60. The van der Waals surface area contributed by atoms with Crippen LogP contribution in [-0.4, -0.2) is 10.9 Å². The molecular weight excluding hydrogens is 294 g/mol. The van der Waals surface area contributed by atoms with Gasteiger partial charge in [-0.1, -0.05) is 60.7 Å². The Bertz CT molecular complexity index is 819. The number of rotatable bonds is 4. The second-order valence-electron chi connectivity index (χ2n) is 5.91. The molecule has 1 aromatic heterocycles. The average molecular weight is 313 g/mol. The maximum Gasteiger partial charge on any atom is 0.129 e. The Morgan fingerprint density at radius 2 is 1.29 bits per heavy atom. The third-order valence-electron chi connectivity index (χ3n) is 4.06. The van der Waals surface area contributed by atoms with Gasteiger partial charge in [-0.3, -0.25) is 4.98 Å². The standard InChI is InChI=1S/C22H19NO/c1-16-13-20(14-17(2)23-16)21(15-24)22(18-9-5-3-6-10-18)19-11-7-4-8-12-19/h3-14,22H,1-2H3. The van der Waals surface area contributed by atoms with Crippen LogP contribution in [0.1, 0.15) is 34.0 Å². The Morgan fingerprint density at radius 3 is 1.71 bits per heavy atom. The van der Waals surface area contributed by atoms with Crippen LogP contribution in [0, 0.1) is 13.8 Å². The lowest BCUT2D eigenvalue weighted by Crippen LogP contribution is -2.06. The third kappa shape index (κ3) is 3.34. The van der Waals surface area contributed by atoms with Crippen molar-refractivity contribution < 1.29 is 4.79 Å². The maximum atomic E-state index is 11.9. The first-order valence-electron chi connectivity index (χ1n) is 7.99. The lowest BCUT2D eigenvalue weighted by molar-refractivity contribution is 0.569. The van der Waals surface area contributed by atoms with E-state index in [1.807, 2.05) is 62.4 Å². The van der Waals surface area contributed by atoms with Crippen LogP contribution in [0.5, 0.6) is 0 Å². The fourth-order valence-electron chi connectivity index (χ4n) is 3.09. The fraction of sp³-hybridized carbons (Fsp3) is 0.136. The molecule has 2 aromatic carbocycles. The quantitative estimate of drug-likeness (QED) is 0.651. The highest BCUT2D eigenvalue weighted by atomic mass is 16.1. The number of pyridine rings is 1. The molecule has 0 aliphatic heterocycles. The first kappa shape index (κ1) is 15.9. The lowest BCUT2D eigenvalue weighted by atomic mass is 9.82. The number of hydrogen-bond donors (Lipinski definition) is 0. The Labute approximate surface area is 142 Å². The Kier molecular flexibility index (Phi) is 4.69. The Hall–Kier alpha value is -2.96. The molecule has 0 amide bonds. The van der Waals surface area contributed by atoms with E-state index in [4.69, 9.17) is 0 Å². The van der Waals surface area contributed by atoms with E-state index in [9.17, 15) is 4.79 Å².